The summed E-state index contributed by atoms with van der Waals surface area (Å²) in [5, 5.41) is 5.16. The van der Waals surface area contributed by atoms with Crippen molar-refractivity contribution in [3.05, 3.63) is 83.2 Å². The largest absolute Gasteiger partial charge is 0.321 e. The zero-order valence-corrected chi connectivity index (χ0v) is 13.6. The van der Waals surface area contributed by atoms with Gasteiger partial charge in [-0.2, -0.15) is 0 Å². The fraction of sp³-hybridized carbons (Fsp3) is 0. The summed E-state index contributed by atoms with van der Waals surface area (Å²) in [6, 6.07) is 23.7. The summed E-state index contributed by atoms with van der Waals surface area (Å²) in [5.41, 5.74) is 4.19. The van der Waals surface area contributed by atoms with Crippen molar-refractivity contribution in [3.63, 3.8) is 0 Å². The molecule has 0 aliphatic rings. The molecule has 0 unspecified atom stereocenters. The van der Waals surface area contributed by atoms with Gasteiger partial charge in [-0.15, -0.1) is 11.3 Å². The smallest absolute Gasteiger partial charge is 0.268 e. The van der Waals surface area contributed by atoms with E-state index in [1.807, 2.05) is 72.8 Å². The van der Waals surface area contributed by atoms with Gasteiger partial charge in [0.15, 0.2) is 0 Å². The molecule has 0 saturated heterocycles. The van der Waals surface area contributed by atoms with E-state index in [0.717, 1.165) is 27.7 Å². The summed E-state index contributed by atoms with van der Waals surface area (Å²) in [7, 11) is 0. The average Bonchev–Trinajstić information content (AvgIpc) is 3.13. The van der Waals surface area contributed by atoms with Crippen molar-refractivity contribution in [1.82, 2.24) is 4.98 Å². The van der Waals surface area contributed by atoms with Crippen LogP contribution in [0, 0.1) is 0 Å². The molecule has 4 heteroatoms. The summed E-state index contributed by atoms with van der Waals surface area (Å²) in [6.07, 6.45) is 0. The number of carbonyl (C=O) groups excluding carboxylic acids is 1. The Labute approximate surface area is 143 Å². The second-order valence-corrected chi connectivity index (χ2v) is 6.23. The monoisotopic (exact) mass is 330 g/mol. The molecule has 0 radical (unpaired) electrons. The lowest BCUT2D eigenvalue weighted by atomic mass is 10.1. The lowest BCUT2D eigenvalue weighted by Gasteiger charge is -2.08. The lowest BCUT2D eigenvalue weighted by Crippen LogP contribution is -2.11. The van der Waals surface area contributed by atoms with Gasteiger partial charge in [0.05, 0.1) is 11.2 Å². The molecule has 0 fully saturated rings. The second kappa shape index (κ2) is 6.26. The van der Waals surface area contributed by atoms with E-state index in [0.29, 0.717) is 4.88 Å². The maximum absolute atomic E-state index is 12.8. The Bertz CT molecular complexity index is 1000. The number of carbonyl (C=O) groups is 1. The fourth-order valence-electron chi connectivity index (χ4n) is 2.72. The van der Waals surface area contributed by atoms with Crippen LogP contribution in [-0.2, 0) is 0 Å². The van der Waals surface area contributed by atoms with E-state index < -0.39 is 0 Å². The van der Waals surface area contributed by atoms with Crippen molar-refractivity contribution in [3.8, 4) is 11.3 Å². The molecule has 1 heterocycles. The van der Waals surface area contributed by atoms with Crippen molar-refractivity contribution in [2.45, 2.75) is 0 Å². The van der Waals surface area contributed by atoms with Gasteiger partial charge in [0, 0.05) is 16.6 Å². The Morgan fingerprint density at radius 2 is 1.62 bits per heavy atom. The highest BCUT2D eigenvalue weighted by Crippen LogP contribution is 2.28. The predicted molar refractivity (Wildman–Crippen MR) is 99.5 cm³/mol. The first-order valence-corrected chi connectivity index (χ1v) is 8.49. The second-order valence-electron chi connectivity index (χ2n) is 5.38. The summed E-state index contributed by atoms with van der Waals surface area (Å²) < 4.78 is 0. The fourth-order valence-corrected chi connectivity index (χ4v) is 3.43. The molecular formula is C20H14N2OS. The maximum Gasteiger partial charge on any atom is 0.268 e. The minimum absolute atomic E-state index is 0.132. The van der Waals surface area contributed by atoms with E-state index in [2.05, 4.69) is 10.3 Å². The van der Waals surface area contributed by atoms with E-state index in [4.69, 9.17) is 0 Å². The van der Waals surface area contributed by atoms with Crippen LogP contribution in [0.5, 0.6) is 0 Å². The number of fused-ring (bicyclic) bond motifs is 1. The highest BCUT2D eigenvalue weighted by Gasteiger charge is 2.17. The third kappa shape index (κ3) is 2.68. The van der Waals surface area contributed by atoms with Gasteiger partial charge in [0.1, 0.15) is 4.88 Å². The van der Waals surface area contributed by atoms with Crippen molar-refractivity contribution in [2.75, 3.05) is 5.32 Å². The van der Waals surface area contributed by atoms with Gasteiger partial charge < -0.3 is 5.32 Å². The first-order valence-electron chi connectivity index (χ1n) is 7.61. The topological polar surface area (TPSA) is 42.0 Å². The summed E-state index contributed by atoms with van der Waals surface area (Å²) in [4.78, 5) is 17.8. The normalized spacial score (nSPS) is 10.7. The number of benzene rings is 3. The molecule has 1 amide bonds. The van der Waals surface area contributed by atoms with Crippen molar-refractivity contribution in [2.24, 2.45) is 0 Å². The Kier molecular flexibility index (Phi) is 3.81. The molecule has 1 aromatic heterocycles. The molecule has 0 atom stereocenters. The molecule has 0 spiro atoms. The third-order valence-electron chi connectivity index (χ3n) is 3.86. The van der Waals surface area contributed by atoms with Gasteiger partial charge in [-0.3, -0.25) is 4.79 Å². The van der Waals surface area contributed by atoms with E-state index in [-0.39, 0.29) is 5.91 Å². The van der Waals surface area contributed by atoms with Gasteiger partial charge in [-0.1, -0.05) is 66.7 Å². The molecule has 24 heavy (non-hydrogen) atoms. The maximum atomic E-state index is 12.8. The first-order chi connectivity index (χ1) is 11.8. The molecule has 1 N–H and O–H groups in total. The minimum atomic E-state index is -0.132. The number of rotatable bonds is 3. The number of amides is 1. The number of aromatic nitrogens is 1. The van der Waals surface area contributed by atoms with Gasteiger partial charge in [-0.25, -0.2) is 4.98 Å². The molecule has 3 nitrogen and oxygen atoms in total. The van der Waals surface area contributed by atoms with Crippen molar-refractivity contribution in [1.29, 1.82) is 0 Å². The number of hydrogen-bond acceptors (Lipinski definition) is 3. The van der Waals surface area contributed by atoms with Crippen molar-refractivity contribution < 1.29 is 4.79 Å². The van der Waals surface area contributed by atoms with E-state index >= 15 is 0 Å². The third-order valence-corrected chi connectivity index (χ3v) is 4.68. The highest BCUT2D eigenvalue weighted by atomic mass is 32.1. The zero-order valence-electron chi connectivity index (χ0n) is 12.8. The number of thiazole rings is 1. The zero-order chi connectivity index (χ0) is 16.4. The molecule has 4 aromatic rings. The van der Waals surface area contributed by atoms with Crippen LogP contribution in [0.4, 0.5) is 5.69 Å². The Balaban J connectivity index is 1.70. The number of nitrogens with zero attached hydrogens (tertiary/aromatic N) is 1. The van der Waals surface area contributed by atoms with Crippen LogP contribution in [-0.4, -0.2) is 10.9 Å². The van der Waals surface area contributed by atoms with Crippen LogP contribution >= 0.6 is 11.3 Å². The quantitative estimate of drug-likeness (QED) is 0.560. The molecule has 116 valence electrons. The molecule has 3 aromatic carbocycles. The van der Waals surface area contributed by atoms with Gasteiger partial charge in [0.25, 0.3) is 5.91 Å². The number of nitrogens with one attached hydrogen (secondary N) is 1. The number of hydrogen-bond donors (Lipinski definition) is 1. The molecule has 0 aliphatic heterocycles. The average molecular weight is 330 g/mol. The lowest BCUT2D eigenvalue weighted by molar-refractivity contribution is 0.103. The molecule has 4 rings (SSSR count). The molecular weight excluding hydrogens is 316 g/mol. The number of anilines is 1. The van der Waals surface area contributed by atoms with Gasteiger partial charge in [-0.05, 0) is 11.5 Å². The first kappa shape index (κ1) is 14.6. The summed E-state index contributed by atoms with van der Waals surface area (Å²) in [5.74, 6) is -0.132. The van der Waals surface area contributed by atoms with Gasteiger partial charge in [0.2, 0.25) is 0 Å². The van der Waals surface area contributed by atoms with E-state index in [9.17, 15) is 4.79 Å². The summed E-state index contributed by atoms with van der Waals surface area (Å²) >= 11 is 1.35. The SMILES string of the molecule is O=C(Nc1cccc2ccccc12)c1scnc1-c1ccccc1. The Morgan fingerprint density at radius 1 is 0.875 bits per heavy atom. The van der Waals surface area contributed by atoms with Gasteiger partial charge >= 0.3 is 0 Å². The van der Waals surface area contributed by atoms with Crippen LogP contribution in [0.2, 0.25) is 0 Å². The minimum Gasteiger partial charge on any atom is -0.321 e. The van der Waals surface area contributed by atoms with Crippen molar-refractivity contribution >= 4 is 33.7 Å². The van der Waals surface area contributed by atoms with E-state index in [1.54, 1.807) is 5.51 Å². The molecule has 0 bridgehead atoms. The van der Waals surface area contributed by atoms with E-state index in [1.165, 1.54) is 11.3 Å². The Hall–Kier alpha value is -2.98. The Morgan fingerprint density at radius 3 is 2.50 bits per heavy atom. The molecule has 0 saturated carbocycles. The standard InChI is InChI=1S/C20H14N2OS/c23-20(19-18(21-13-24-19)15-8-2-1-3-9-15)22-17-12-6-10-14-7-4-5-11-16(14)17/h1-13H,(H,22,23). The van der Waals surface area contributed by atoms with Crippen LogP contribution in [0.15, 0.2) is 78.3 Å². The van der Waals surface area contributed by atoms with Crippen LogP contribution in [0.1, 0.15) is 9.67 Å². The van der Waals surface area contributed by atoms with Crippen LogP contribution < -0.4 is 5.32 Å². The predicted octanol–water partition coefficient (Wildman–Crippen LogP) is 5.22. The molecule has 0 aliphatic carbocycles. The summed E-state index contributed by atoms with van der Waals surface area (Å²) in [6.45, 7) is 0. The highest BCUT2D eigenvalue weighted by molar-refractivity contribution is 7.12. The van der Waals surface area contributed by atoms with Crippen LogP contribution in [0.3, 0.4) is 0 Å². The van der Waals surface area contributed by atoms with Crippen LogP contribution in [0.25, 0.3) is 22.0 Å².